The number of anilines is 1. The molecule has 0 spiro atoms. The van der Waals surface area contributed by atoms with E-state index in [2.05, 4.69) is 21.2 Å². The lowest BCUT2D eigenvalue weighted by atomic mass is 10.1. The average molecular weight is 328 g/mol. The van der Waals surface area contributed by atoms with Crippen LogP contribution in [0.15, 0.2) is 18.2 Å². The van der Waals surface area contributed by atoms with Crippen LogP contribution in [0.3, 0.4) is 0 Å². The number of amides is 4. The number of urea groups is 1. The number of hydrogen-bond donors (Lipinski definition) is 3. The number of hydrogen-bond acceptors (Lipinski definition) is 3. The molecule has 0 aliphatic heterocycles. The Hall–Kier alpha value is -1.89. The minimum absolute atomic E-state index is 0.226. The molecule has 0 fully saturated rings. The number of alkyl halides is 1. The van der Waals surface area contributed by atoms with E-state index in [4.69, 9.17) is 5.73 Å². The second-order valence-corrected chi connectivity index (χ2v) is 5.33. The van der Waals surface area contributed by atoms with Crippen molar-refractivity contribution in [2.45, 2.75) is 18.7 Å². The maximum Gasteiger partial charge on any atom is 0.319 e. The van der Waals surface area contributed by atoms with Gasteiger partial charge in [0, 0.05) is 11.3 Å². The molecule has 4 N–H and O–H groups in total. The van der Waals surface area contributed by atoms with Gasteiger partial charge in [-0.3, -0.25) is 14.9 Å². The maximum absolute atomic E-state index is 11.6. The van der Waals surface area contributed by atoms with E-state index in [0.29, 0.717) is 5.69 Å². The van der Waals surface area contributed by atoms with Crippen LogP contribution < -0.4 is 16.4 Å². The first kappa shape index (κ1) is 15.2. The minimum Gasteiger partial charge on any atom is -0.351 e. The molecule has 0 saturated heterocycles. The Morgan fingerprint density at radius 3 is 2.47 bits per heavy atom. The summed E-state index contributed by atoms with van der Waals surface area (Å²) in [5.41, 5.74) is 6.42. The molecule has 0 bridgehead atoms. The van der Waals surface area contributed by atoms with Gasteiger partial charge in [0.25, 0.3) is 5.91 Å². The maximum atomic E-state index is 11.6. The van der Waals surface area contributed by atoms with Crippen LogP contribution in [0.25, 0.3) is 0 Å². The molecule has 0 radical (unpaired) electrons. The largest absolute Gasteiger partial charge is 0.351 e. The van der Waals surface area contributed by atoms with Crippen LogP contribution >= 0.6 is 15.9 Å². The van der Waals surface area contributed by atoms with Crippen LogP contribution in [0.4, 0.5) is 10.5 Å². The van der Waals surface area contributed by atoms with E-state index in [1.807, 2.05) is 5.32 Å². The summed E-state index contributed by atoms with van der Waals surface area (Å²) < 4.78 is 0. The lowest BCUT2D eigenvalue weighted by Crippen LogP contribution is -2.35. The van der Waals surface area contributed by atoms with Crippen molar-refractivity contribution in [1.29, 1.82) is 0 Å². The number of nitrogens with one attached hydrogen (secondary N) is 2. The molecular formula is C12H14BrN3O3. The highest BCUT2D eigenvalue weighted by Crippen LogP contribution is 2.18. The molecular weight excluding hydrogens is 314 g/mol. The molecule has 102 valence electrons. The van der Waals surface area contributed by atoms with Gasteiger partial charge in [-0.25, -0.2) is 4.79 Å². The highest BCUT2D eigenvalue weighted by atomic mass is 79.9. The van der Waals surface area contributed by atoms with Crippen LogP contribution in [0.1, 0.15) is 22.8 Å². The summed E-state index contributed by atoms with van der Waals surface area (Å²) >= 11 is 3.15. The fourth-order valence-corrected chi connectivity index (χ4v) is 1.43. The van der Waals surface area contributed by atoms with Gasteiger partial charge in [-0.1, -0.05) is 22.0 Å². The molecule has 19 heavy (non-hydrogen) atoms. The number of halogens is 1. The predicted molar refractivity (Wildman–Crippen MR) is 75.2 cm³/mol. The minimum atomic E-state index is -0.926. The molecule has 0 aliphatic rings. The quantitative estimate of drug-likeness (QED) is 0.733. The summed E-state index contributed by atoms with van der Waals surface area (Å²) in [4.78, 5) is 33.5. The number of rotatable bonds is 3. The summed E-state index contributed by atoms with van der Waals surface area (Å²) in [6.07, 6.45) is 0. The number of carbonyl (C=O) groups is 3. The highest BCUT2D eigenvalue weighted by Gasteiger charge is 2.13. The average Bonchev–Trinajstić information content (AvgIpc) is 2.30. The van der Waals surface area contributed by atoms with Crippen LogP contribution in [0.5, 0.6) is 0 Å². The first-order valence-corrected chi connectivity index (χ1v) is 6.39. The van der Waals surface area contributed by atoms with E-state index < -0.39 is 11.9 Å². The molecule has 7 heteroatoms. The van der Waals surface area contributed by atoms with E-state index in [9.17, 15) is 14.4 Å². The number of imide groups is 1. The highest BCUT2D eigenvalue weighted by molar-refractivity contribution is 9.10. The summed E-state index contributed by atoms with van der Waals surface area (Å²) in [5.74, 6) is -0.842. The number of primary amides is 1. The third-order valence-corrected chi connectivity index (χ3v) is 2.77. The third kappa shape index (κ3) is 4.36. The second kappa shape index (κ2) is 6.33. The summed E-state index contributed by atoms with van der Waals surface area (Å²) in [5, 5.41) is 4.64. The zero-order chi connectivity index (χ0) is 14.6. The van der Waals surface area contributed by atoms with E-state index in [0.717, 1.165) is 5.56 Å². The Labute approximate surface area is 118 Å². The van der Waals surface area contributed by atoms with Crippen molar-refractivity contribution in [2.75, 3.05) is 5.32 Å². The Kier molecular flexibility index (Phi) is 5.05. The molecule has 6 nitrogen and oxygen atoms in total. The van der Waals surface area contributed by atoms with Crippen LogP contribution in [0, 0.1) is 6.92 Å². The van der Waals surface area contributed by atoms with Crippen LogP contribution in [-0.4, -0.2) is 22.7 Å². The molecule has 1 aromatic rings. The molecule has 0 saturated carbocycles. The normalized spacial score (nSPS) is 11.5. The molecule has 0 unspecified atom stereocenters. The summed E-state index contributed by atoms with van der Waals surface area (Å²) in [6.45, 7) is 3.48. The number of nitrogens with two attached hydrogens (primary N) is 1. The molecule has 0 aromatic heterocycles. The number of benzene rings is 1. The van der Waals surface area contributed by atoms with E-state index in [-0.39, 0.29) is 16.3 Å². The van der Waals surface area contributed by atoms with Crippen molar-refractivity contribution in [3.63, 3.8) is 0 Å². The fraction of sp³-hybridized carbons (Fsp3) is 0.250. The summed E-state index contributed by atoms with van der Waals surface area (Å²) in [6, 6.07) is 3.77. The van der Waals surface area contributed by atoms with Gasteiger partial charge >= 0.3 is 6.03 Å². The molecule has 0 heterocycles. The van der Waals surface area contributed by atoms with Gasteiger partial charge < -0.3 is 11.1 Å². The van der Waals surface area contributed by atoms with Gasteiger partial charge in [-0.05, 0) is 31.5 Å². The summed E-state index contributed by atoms with van der Waals surface area (Å²) in [7, 11) is 0. The van der Waals surface area contributed by atoms with Crippen molar-refractivity contribution in [2.24, 2.45) is 5.73 Å². The van der Waals surface area contributed by atoms with Gasteiger partial charge in [0.1, 0.15) is 0 Å². The lowest BCUT2D eigenvalue weighted by Gasteiger charge is -2.11. The van der Waals surface area contributed by atoms with Gasteiger partial charge in [-0.2, -0.15) is 0 Å². The molecule has 1 atom stereocenters. The van der Waals surface area contributed by atoms with Crippen molar-refractivity contribution in [1.82, 2.24) is 5.32 Å². The third-order valence-electron chi connectivity index (χ3n) is 2.36. The Morgan fingerprint density at radius 1 is 1.32 bits per heavy atom. The van der Waals surface area contributed by atoms with Crippen molar-refractivity contribution < 1.29 is 14.4 Å². The SMILES string of the molecule is Cc1ccc(C(=O)NC(N)=O)cc1NC(=O)[C@H](C)Br. The van der Waals surface area contributed by atoms with E-state index in [1.54, 1.807) is 26.0 Å². The monoisotopic (exact) mass is 327 g/mol. The van der Waals surface area contributed by atoms with E-state index >= 15 is 0 Å². The van der Waals surface area contributed by atoms with Gasteiger partial charge in [0.15, 0.2) is 0 Å². The number of carbonyl (C=O) groups excluding carboxylic acids is 3. The lowest BCUT2D eigenvalue weighted by molar-refractivity contribution is -0.115. The van der Waals surface area contributed by atoms with Gasteiger partial charge in [0.2, 0.25) is 5.91 Å². The number of aryl methyl sites for hydroxylation is 1. The second-order valence-electron chi connectivity index (χ2n) is 3.95. The van der Waals surface area contributed by atoms with Gasteiger partial charge in [-0.15, -0.1) is 0 Å². The molecule has 4 amide bonds. The van der Waals surface area contributed by atoms with Crippen LogP contribution in [0.2, 0.25) is 0 Å². The zero-order valence-electron chi connectivity index (χ0n) is 10.5. The standard InChI is InChI=1S/C12H14BrN3O3/c1-6-3-4-8(11(18)16-12(14)19)5-9(6)15-10(17)7(2)13/h3-5,7H,1-2H3,(H,15,17)(H3,14,16,18,19)/t7-/m0/s1. The Balaban J connectivity index is 2.97. The molecule has 0 aliphatic carbocycles. The topological polar surface area (TPSA) is 101 Å². The Morgan fingerprint density at radius 2 is 1.95 bits per heavy atom. The van der Waals surface area contributed by atoms with Crippen LogP contribution in [-0.2, 0) is 4.79 Å². The molecule has 1 rings (SSSR count). The van der Waals surface area contributed by atoms with E-state index in [1.165, 1.54) is 6.07 Å². The first-order valence-electron chi connectivity index (χ1n) is 5.47. The smallest absolute Gasteiger partial charge is 0.319 e. The fourth-order valence-electron chi connectivity index (χ4n) is 1.31. The van der Waals surface area contributed by atoms with Crippen molar-refractivity contribution in [3.8, 4) is 0 Å². The van der Waals surface area contributed by atoms with Crippen molar-refractivity contribution >= 4 is 39.5 Å². The Bertz CT molecular complexity index is 529. The zero-order valence-corrected chi connectivity index (χ0v) is 12.1. The molecule has 1 aromatic carbocycles. The van der Waals surface area contributed by atoms with Gasteiger partial charge in [0.05, 0.1) is 4.83 Å². The predicted octanol–water partition coefficient (Wildman–Crippen LogP) is 1.53. The first-order chi connectivity index (χ1) is 8.81. The van der Waals surface area contributed by atoms with Crippen molar-refractivity contribution in [3.05, 3.63) is 29.3 Å².